The fourth-order valence-corrected chi connectivity index (χ4v) is 4.80. The van der Waals surface area contributed by atoms with Crippen molar-refractivity contribution in [2.24, 2.45) is 7.05 Å². The molecule has 35 heavy (non-hydrogen) atoms. The minimum absolute atomic E-state index is 0.0117. The third-order valence-corrected chi connectivity index (χ3v) is 6.24. The lowest BCUT2D eigenvalue weighted by Crippen LogP contribution is -2.48. The van der Waals surface area contributed by atoms with Crippen LogP contribution in [0.5, 0.6) is 0 Å². The summed E-state index contributed by atoms with van der Waals surface area (Å²) in [6.45, 7) is 4.81. The second-order valence-corrected chi connectivity index (χ2v) is 9.73. The Bertz CT molecular complexity index is 1270. The first-order valence-corrected chi connectivity index (χ1v) is 11.4. The lowest BCUT2D eigenvalue weighted by molar-refractivity contribution is -0.131. The zero-order chi connectivity index (χ0) is 25.5. The number of carboxylic acid groups (broad SMARTS) is 1. The molecule has 2 aromatic carbocycles. The van der Waals surface area contributed by atoms with E-state index in [-0.39, 0.29) is 23.7 Å². The molecule has 0 amide bonds. The van der Waals surface area contributed by atoms with Crippen LogP contribution in [-0.4, -0.2) is 44.0 Å². The quantitative estimate of drug-likeness (QED) is 0.468. The number of nitrogens with zero attached hydrogens (tertiary/aromatic N) is 3. The fraction of sp³-hybridized carbons (Fsp3) is 0.333. The van der Waals surface area contributed by atoms with Gasteiger partial charge in [0.1, 0.15) is 17.3 Å². The topological polar surface area (TPSA) is 58.4 Å². The summed E-state index contributed by atoms with van der Waals surface area (Å²) in [7, 11) is 1.83. The first-order valence-electron chi connectivity index (χ1n) is 11.4. The highest BCUT2D eigenvalue weighted by atomic mass is 19.1. The van der Waals surface area contributed by atoms with Crippen LogP contribution in [0.1, 0.15) is 49.1 Å². The number of carboxylic acids is 1. The van der Waals surface area contributed by atoms with Crippen molar-refractivity contribution in [2.75, 3.05) is 6.54 Å². The Hall–Kier alpha value is -3.39. The zero-order valence-corrected chi connectivity index (χ0v) is 20.1. The third kappa shape index (κ3) is 5.32. The molecule has 0 saturated heterocycles. The molecular weight excluding hydrogens is 455 g/mol. The van der Waals surface area contributed by atoms with Gasteiger partial charge < -0.3 is 5.11 Å². The van der Waals surface area contributed by atoms with E-state index in [1.165, 1.54) is 13.8 Å². The maximum Gasteiger partial charge on any atom is 0.328 e. The highest BCUT2D eigenvalue weighted by molar-refractivity contribution is 5.85. The number of aliphatic carboxylic acids is 1. The van der Waals surface area contributed by atoms with Gasteiger partial charge in [-0.05, 0) is 67.7 Å². The number of carbonyl (C=O) groups is 1. The number of alkyl halides is 1. The SMILES string of the molecule is C[C@H]1Cc2cc(-c3cnn(C)c3)ccc2[C@H](c2c(F)cc(/C=C/C(=O)O)cc2F)N1CC(C)(C)F. The molecule has 8 heteroatoms. The summed E-state index contributed by atoms with van der Waals surface area (Å²) in [6.07, 6.45) is 6.21. The Labute approximate surface area is 202 Å². The minimum Gasteiger partial charge on any atom is -0.478 e. The van der Waals surface area contributed by atoms with E-state index < -0.39 is 29.3 Å². The predicted molar refractivity (Wildman–Crippen MR) is 129 cm³/mol. The van der Waals surface area contributed by atoms with E-state index in [1.807, 2.05) is 38.4 Å². The molecule has 0 fully saturated rings. The van der Waals surface area contributed by atoms with Crippen molar-refractivity contribution in [2.45, 2.75) is 44.9 Å². The Balaban J connectivity index is 1.86. The van der Waals surface area contributed by atoms with Crippen molar-refractivity contribution in [3.05, 3.63) is 82.7 Å². The molecule has 3 aromatic rings. The number of rotatable bonds is 6. The van der Waals surface area contributed by atoms with Gasteiger partial charge in [0.25, 0.3) is 0 Å². The second-order valence-electron chi connectivity index (χ2n) is 9.73. The van der Waals surface area contributed by atoms with Crippen molar-refractivity contribution in [3.8, 4) is 11.1 Å². The van der Waals surface area contributed by atoms with E-state index >= 15 is 8.78 Å². The molecule has 0 unspecified atom stereocenters. The van der Waals surface area contributed by atoms with Gasteiger partial charge in [0.2, 0.25) is 0 Å². The highest BCUT2D eigenvalue weighted by Crippen LogP contribution is 2.42. The van der Waals surface area contributed by atoms with E-state index in [9.17, 15) is 9.18 Å². The Morgan fingerprint density at radius 3 is 2.46 bits per heavy atom. The Morgan fingerprint density at radius 1 is 1.20 bits per heavy atom. The first kappa shape index (κ1) is 24.7. The highest BCUT2D eigenvalue weighted by Gasteiger charge is 2.39. The van der Waals surface area contributed by atoms with E-state index in [2.05, 4.69) is 5.10 Å². The van der Waals surface area contributed by atoms with Gasteiger partial charge in [-0.15, -0.1) is 0 Å². The summed E-state index contributed by atoms with van der Waals surface area (Å²) in [5, 5.41) is 13.1. The van der Waals surface area contributed by atoms with E-state index in [0.717, 1.165) is 41.0 Å². The molecule has 0 saturated carbocycles. The molecule has 2 heterocycles. The Morgan fingerprint density at radius 2 is 1.89 bits per heavy atom. The van der Waals surface area contributed by atoms with Crippen molar-refractivity contribution >= 4 is 12.0 Å². The van der Waals surface area contributed by atoms with Gasteiger partial charge in [0, 0.05) is 43.0 Å². The van der Waals surface area contributed by atoms with Gasteiger partial charge in [-0.2, -0.15) is 5.10 Å². The number of aromatic nitrogens is 2. The van der Waals surface area contributed by atoms with Crippen LogP contribution in [0.3, 0.4) is 0 Å². The molecule has 0 bridgehead atoms. The number of fused-ring (bicyclic) bond motifs is 1. The van der Waals surface area contributed by atoms with Gasteiger partial charge in [0.05, 0.1) is 12.2 Å². The predicted octanol–water partition coefficient (Wildman–Crippen LogP) is 5.55. The molecule has 0 aliphatic carbocycles. The van der Waals surface area contributed by atoms with Crippen LogP contribution in [-0.2, 0) is 18.3 Å². The molecule has 0 spiro atoms. The largest absolute Gasteiger partial charge is 0.478 e. The fourth-order valence-electron chi connectivity index (χ4n) is 4.80. The van der Waals surface area contributed by atoms with Gasteiger partial charge >= 0.3 is 5.97 Å². The lowest BCUT2D eigenvalue weighted by Gasteiger charge is -2.44. The monoisotopic (exact) mass is 483 g/mol. The number of halogens is 3. The molecule has 5 nitrogen and oxygen atoms in total. The number of hydrogen-bond acceptors (Lipinski definition) is 3. The number of benzene rings is 2. The second kappa shape index (κ2) is 9.34. The summed E-state index contributed by atoms with van der Waals surface area (Å²) in [6, 6.07) is 6.94. The van der Waals surface area contributed by atoms with Crippen LogP contribution in [0.4, 0.5) is 13.2 Å². The van der Waals surface area contributed by atoms with Crippen molar-refractivity contribution in [1.82, 2.24) is 14.7 Å². The maximum absolute atomic E-state index is 15.4. The van der Waals surface area contributed by atoms with Gasteiger partial charge in [-0.1, -0.05) is 18.2 Å². The summed E-state index contributed by atoms with van der Waals surface area (Å²) in [4.78, 5) is 12.6. The molecule has 0 radical (unpaired) electrons. The summed E-state index contributed by atoms with van der Waals surface area (Å²) < 4.78 is 47.4. The molecular formula is C27H28F3N3O2. The number of hydrogen-bond donors (Lipinski definition) is 1. The molecule has 1 aromatic heterocycles. The standard InChI is InChI=1S/C27H28F3N3O2/c1-16-9-19-12-18(20-13-31-32(4)14-20)6-7-21(19)26(33(16)15-27(2,3)30)25-22(28)10-17(11-23(25)29)5-8-24(34)35/h5-8,10-14,16,26H,9,15H2,1-4H3,(H,34,35)/b8-5+/t16-,26+/m0/s1. The van der Waals surface area contributed by atoms with Crippen LogP contribution in [0.25, 0.3) is 17.2 Å². The van der Waals surface area contributed by atoms with Crippen LogP contribution in [0.2, 0.25) is 0 Å². The van der Waals surface area contributed by atoms with Gasteiger partial charge in [0.15, 0.2) is 0 Å². The van der Waals surface area contributed by atoms with Crippen molar-refractivity contribution < 1.29 is 23.1 Å². The summed E-state index contributed by atoms with van der Waals surface area (Å²) in [5.74, 6) is -2.83. The molecule has 4 rings (SSSR count). The van der Waals surface area contributed by atoms with Crippen LogP contribution in [0, 0.1) is 11.6 Å². The van der Waals surface area contributed by atoms with E-state index in [1.54, 1.807) is 15.8 Å². The average molecular weight is 484 g/mol. The molecule has 1 aliphatic rings. The van der Waals surface area contributed by atoms with Crippen molar-refractivity contribution in [3.63, 3.8) is 0 Å². The molecule has 184 valence electrons. The zero-order valence-electron chi connectivity index (χ0n) is 20.1. The normalized spacial score (nSPS) is 18.7. The average Bonchev–Trinajstić information content (AvgIpc) is 3.19. The van der Waals surface area contributed by atoms with Crippen LogP contribution >= 0.6 is 0 Å². The molecule has 1 aliphatic heterocycles. The van der Waals surface area contributed by atoms with E-state index in [4.69, 9.17) is 5.11 Å². The maximum atomic E-state index is 15.4. The summed E-state index contributed by atoms with van der Waals surface area (Å²) >= 11 is 0. The van der Waals surface area contributed by atoms with Gasteiger partial charge in [-0.3, -0.25) is 9.58 Å². The lowest BCUT2D eigenvalue weighted by atomic mass is 9.82. The van der Waals surface area contributed by atoms with Crippen LogP contribution in [0.15, 0.2) is 48.8 Å². The minimum atomic E-state index is -1.59. The first-order chi connectivity index (χ1) is 16.4. The molecule has 1 N–H and O–H groups in total. The smallest absolute Gasteiger partial charge is 0.328 e. The Kier molecular flexibility index (Phi) is 6.60. The van der Waals surface area contributed by atoms with Crippen LogP contribution < -0.4 is 0 Å². The van der Waals surface area contributed by atoms with Crippen molar-refractivity contribution in [1.29, 1.82) is 0 Å². The number of aryl methyl sites for hydroxylation is 1. The van der Waals surface area contributed by atoms with E-state index in [0.29, 0.717) is 12.0 Å². The summed E-state index contributed by atoms with van der Waals surface area (Å²) in [5.41, 5.74) is 1.85. The molecule has 2 atom stereocenters. The third-order valence-electron chi connectivity index (χ3n) is 6.24. The van der Waals surface area contributed by atoms with Gasteiger partial charge in [-0.25, -0.2) is 18.0 Å².